The quantitative estimate of drug-likeness (QED) is 0.816. The fourth-order valence-corrected chi connectivity index (χ4v) is 4.85. The molecule has 0 aromatic heterocycles. The topological polar surface area (TPSA) is 49.4 Å². The van der Waals surface area contributed by atoms with E-state index in [1.807, 2.05) is 32.0 Å². The number of nitrogens with zero attached hydrogens (tertiary/aromatic N) is 1. The van der Waals surface area contributed by atoms with E-state index >= 15 is 0 Å². The van der Waals surface area contributed by atoms with Crippen molar-refractivity contribution in [2.24, 2.45) is 0 Å². The van der Waals surface area contributed by atoms with Crippen LogP contribution < -0.4 is 4.72 Å². The minimum Gasteiger partial charge on any atom is -0.195 e. The number of benzene rings is 1. The molecule has 3 rings (SSSR count). The van der Waals surface area contributed by atoms with Gasteiger partial charge in [-0.2, -0.15) is 17.4 Å². The van der Waals surface area contributed by atoms with Crippen molar-refractivity contribution in [2.45, 2.75) is 38.4 Å². The third-order valence-electron chi connectivity index (χ3n) is 3.59. The molecule has 0 amide bonds. The highest BCUT2D eigenvalue weighted by Crippen LogP contribution is 2.41. The summed E-state index contributed by atoms with van der Waals surface area (Å²) in [4.78, 5) is 0. The fraction of sp³-hybridized carbons (Fsp3) is 0.500. The molecule has 1 N–H and O–H groups in total. The molecule has 92 valence electrons. The summed E-state index contributed by atoms with van der Waals surface area (Å²) >= 11 is 0. The molecule has 1 aliphatic carbocycles. The Hall–Kier alpha value is -0.910. The molecule has 0 bridgehead atoms. The van der Waals surface area contributed by atoms with Gasteiger partial charge in [-0.25, -0.2) is 0 Å². The SMILES string of the molecule is CC(C)N1C2Cc3ccccc3C2NS1(=O)=O. The molecule has 2 atom stereocenters. The van der Waals surface area contributed by atoms with Gasteiger partial charge in [0.1, 0.15) is 0 Å². The van der Waals surface area contributed by atoms with Crippen LogP contribution in [0, 0.1) is 0 Å². The van der Waals surface area contributed by atoms with Crippen molar-refractivity contribution in [1.29, 1.82) is 0 Å². The molecule has 0 radical (unpaired) electrons. The second-order valence-corrected chi connectivity index (χ2v) is 6.60. The molecule has 2 aliphatic rings. The summed E-state index contributed by atoms with van der Waals surface area (Å²) in [6, 6.07) is 8.04. The average Bonchev–Trinajstić information content (AvgIpc) is 2.68. The zero-order chi connectivity index (χ0) is 12.2. The van der Waals surface area contributed by atoms with Crippen LogP contribution >= 0.6 is 0 Å². The summed E-state index contributed by atoms with van der Waals surface area (Å²) in [5, 5.41) is 0. The van der Waals surface area contributed by atoms with Crippen LogP contribution in [0.3, 0.4) is 0 Å². The third kappa shape index (κ3) is 1.53. The van der Waals surface area contributed by atoms with Crippen LogP contribution in [-0.4, -0.2) is 24.8 Å². The summed E-state index contributed by atoms with van der Waals surface area (Å²) in [5.41, 5.74) is 2.39. The molecular formula is C12H16N2O2S. The Morgan fingerprint density at radius 2 is 2.06 bits per heavy atom. The Kier molecular flexibility index (Phi) is 2.33. The second kappa shape index (κ2) is 3.54. The normalized spacial score (nSPS) is 30.5. The summed E-state index contributed by atoms with van der Waals surface area (Å²) in [6.45, 7) is 3.84. The first-order chi connectivity index (χ1) is 8.00. The van der Waals surface area contributed by atoms with E-state index in [2.05, 4.69) is 10.8 Å². The van der Waals surface area contributed by atoms with E-state index in [0.29, 0.717) is 0 Å². The van der Waals surface area contributed by atoms with Gasteiger partial charge in [-0.3, -0.25) is 0 Å². The van der Waals surface area contributed by atoms with E-state index in [4.69, 9.17) is 0 Å². The zero-order valence-corrected chi connectivity index (χ0v) is 10.7. The molecule has 0 spiro atoms. The molecule has 1 aliphatic heterocycles. The van der Waals surface area contributed by atoms with E-state index in [1.165, 1.54) is 5.56 Å². The van der Waals surface area contributed by atoms with Crippen molar-refractivity contribution in [3.8, 4) is 0 Å². The van der Waals surface area contributed by atoms with Crippen molar-refractivity contribution in [3.05, 3.63) is 35.4 Å². The van der Waals surface area contributed by atoms with Gasteiger partial charge in [-0.15, -0.1) is 0 Å². The zero-order valence-electron chi connectivity index (χ0n) is 9.92. The molecule has 1 heterocycles. The monoisotopic (exact) mass is 252 g/mol. The predicted molar refractivity (Wildman–Crippen MR) is 65.7 cm³/mol. The van der Waals surface area contributed by atoms with Crippen molar-refractivity contribution in [1.82, 2.24) is 9.03 Å². The van der Waals surface area contributed by atoms with Gasteiger partial charge in [0.15, 0.2) is 0 Å². The highest BCUT2D eigenvalue weighted by molar-refractivity contribution is 7.87. The van der Waals surface area contributed by atoms with Crippen LogP contribution in [0.15, 0.2) is 24.3 Å². The lowest BCUT2D eigenvalue weighted by molar-refractivity contribution is 0.284. The average molecular weight is 252 g/mol. The van der Waals surface area contributed by atoms with Crippen molar-refractivity contribution in [3.63, 3.8) is 0 Å². The summed E-state index contributed by atoms with van der Waals surface area (Å²) in [5.74, 6) is 0. The molecule has 5 heteroatoms. The van der Waals surface area contributed by atoms with Crippen molar-refractivity contribution in [2.75, 3.05) is 0 Å². The first-order valence-electron chi connectivity index (χ1n) is 5.89. The van der Waals surface area contributed by atoms with Crippen LogP contribution in [-0.2, 0) is 16.6 Å². The largest absolute Gasteiger partial charge is 0.280 e. The summed E-state index contributed by atoms with van der Waals surface area (Å²) in [7, 11) is -3.30. The molecule has 1 aromatic rings. The van der Waals surface area contributed by atoms with Gasteiger partial charge in [0.25, 0.3) is 10.2 Å². The van der Waals surface area contributed by atoms with Crippen molar-refractivity contribution < 1.29 is 8.42 Å². The van der Waals surface area contributed by atoms with E-state index < -0.39 is 10.2 Å². The number of nitrogens with one attached hydrogen (secondary N) is 1. The molecule has 1 aromatic carbocycles. The second-order valence-electron chi connectivity index (χ2n) is 4.99. The van der Waals surface area contributed by atoms with Crippen LogP contribution in [0.25, 0.3) is 0 Å². The smallest absolute Gasteiger partial charge is 0.195 e. The maximum Gasteiger partial charge on any atom is 0.280 e. The third-order valence-corrected chi connectivity index (χ3v) is 5.39. The Morgan fingerprint density at radius 1 is 1.35 bits per heavy atom. The minimum atomic E-state index is -3.30. The number of hydrogen-bond acceptors (Lipinski definition) is 2. The Balaban J connectivity index is 2.07. The summed E-state index contributed by atoms with van der Waals surface area (Å²) < 4.78 is 28.5. The molecule has 1 saturated heterocycles. The highest BCUT2D eigenvalue weighted by atomic mass is 32.2. The van der Waals surface area contributed by atoms with Gasteiger partial charge in [0.05, 0.1) is 12.1 Å². The van der Waals surface area contributed by atoms with Crippen molar-refractivity contribution >= 4 is 10.2 Å². The van der Waals surface area contributed by atoms with Gasteiger partial charge in [-0.1, -0.05) is 24.3 Å². The standard InChI is InChI=1S/C12H16N2O2S/c1-8(2)14-11-7-9-5-3-4-6-10(9)12(11)13-17(14,15)16/h3-6,8,11-13H,7H2,1-2H3. The minimum absolute atomic E-state index is 0.00295. The molecule has 1 fully saturated rings. The molecule has 2 unspecified atom stereocenters. The van der Waals surface area contributed by atoms with Gasteiger partial charge >= 0.3 is 0 Å². The van der Waals surface area contributed by atoms with Gasteiger partial charge in [0.2, 0.25) is 0 Å². The van der Waals surface area contributed by atoms with Gasteiger partial charge in [0, 0.05) is 6.04 Å². The summed E-state index contributed by atoms with van der Waals surface area (Å²) in [6.07, 6.45) is 0.811. The van der Waals surface area contributed by atoms with Crippen LogP contribution in [0.5, 0.6) is 0 Å². The number of fused-ring (bicyclic) bond motifs is 3. The Bertz CT molecular complexity index is 553. The first-order valence-corrected chi connectivity index (χ1v) is 7.33. The lowest BCUT2D eigenvalue weighted by Crippen LogP contribution is -2.40. The molecule has 17 heavy (non-hydrogen) atoms. The van der Waals surface area contributed by atoms with Gasteiger partial charge in [-0.05, 0) is 31.4 Å². The first kappa shape index (κ1) is 11.2. The van der Waals surface area contributed by atoms with Crippen LogP contribution in [0.1, 0.15) is 31.0 Å². The van der Waals surface area contributed by atoms with Crippen LogP contribution in [0.2, 0.25) is 0 Å². The molecular weight excluding hydrogens is 236 g/mol. The number of rotatable bonds is 1. The Labute approximate surface area is 102 Å². The number of hydrogen-bond donors (Lipinski definition) is 1. The predicted octanol–water partition coefficient (Wildman–Crippen LogP) is 1.21. The lowest BCUT2D eigenvalue weighted by atomic mass is 10.1. The molecule has 4 nitrogen and oxygen atoms in total. The molecule has 0 saturated carbocycles. The van der Waals surface area contributed by atoms with E-state index in [9.17, 15) is 8.42 Å². The van der Waals surface area contributed by atoms with E-state index in [1.54, 1.807) is 4.31 Å². The lowest BCUT2D eigenvalue weighted by Gasteiger charge is -2.24. The highest BCUT2D eigenvalue weighted by Gasteiger charge is 2.50. The maximum absolute atomic E-state index is 12.0. The maximum atomic E-state index is 12.0. The Morgan fingerprint density at radius 3 is 2.76 bits per heavy atom. The van der Waals surface area contributed by atoms with Gasteiger partial charge < -0.3 is 0 Å². The fourth-order valence-electron chi connectivity index (χ4n) is 3.01. The van der Waals surface area contributed by atoms with E-state index in [-0.39, 0.29) is 18.1 Å². The van der Waals surface area contributed by atoms with E-state index in [0.717, 1.165) is 12.0 Å². The van der Waals surface area contributed by atoms with Crippen LogP contribution in [0.4, 0.5) is 0 Å².